The van der Waals surface area contributed by atoms with E-state index in [1.54, 1.807) is 19.1 Å². The third kappa shape index (κ3) is 6.25. The highest BCUT2D eigenvalue weighted by Crippen LogP contribution is 2.37. The minimum absolute atomic E-state index is 0.0563. The molecule has 2 atom stereocenters. The molecule has 0 aliphatic rings. The molecule has 0 bridgehead atoms. The average Bonchev–Trinajstić information content (AvgIpc) is 2.79. The second-order valence-corrected chi connectivity index (χ2v) is 8.35. The molecule has 31 heavy (non-hydrogen) atoms. The predicted octanol–water partition coefficient (Wildman–Crippen LogP) is 6.85. The Hall–Kier alpha value is -2.50. The Balaban J connectivity index is 2.08. The Kier molecular flexibility index (Phi) is 8.38. The highest BCUT2D eigenvalue weighted by Gasteiger charge is 2.31. The first-order valence-corrected chi connectivity index (χ1v) is 11.2. The molecule has 0 fully saturated rings. The number of carbonyl (C=O) groups is 1. The highest BCUT2D eigenvalue weighted by molar-refractivity contribution is 9.10. The van der Waals surface area contributed by atoms with Crippen LogP contribution in [0, 0.1) is 5.82 Å². The third-order valence-electron chi connectivity index (χ3n) is 5.37. The molecule has 3 aromatic rings. The molecule has 0 aliphatic heterocycles. The van der Waals surface area contributed by atoms with E-state index in [2.05, 4.69) is 39.9 Å². The summed E-state index contributed by atoms with van der Waals surface area (Å²) in [4.78, 5) is 14.7. The molecule has 0 aliphatic carbocycles. The molecule has 0 amide bonds. The van der Waals surface area contributed by atoms with Crippen LogP contribution in [-0.4, -0.2) is 17.5 Å². The molecular formula is C26H27BrFNO2. The Labute approximate surface area is 192 Å². The molecule has 0 N–H and O–H groups in total. The van der Waals surface area contributed by atoms with Crippen molar-refractivity contribution in [3.8, 4) is 0 Å². The standard InChI is InChI=1S/C26H27BrFNO2/c1-3-31-26(30)17-25(23-16-22(27)14-15-24(23)28)29(18-20-10-6-4-7-11-20)19(2)21-12-8-5-9-13-21/h4-16,19,25H,3,17-18H2,1-2H3/t19-,25?/m1/s1. The highest BCUT2D eigenvalue weighted by atomic mass is 79.9. The van der Waals surface area contributed by atoms with Crippen LogP contribution in [0.5, 0.6) is 0 Å². The van der Waals surface area contributed by atoms with Crippen molar-refractivity contribution < 1.29 is 13.9 Å². The number of halogens is 2. The fourth-order valence-corrected chi connectivity index (χ4v) is 4.17. The van der Waals surface area contributed by atoms with Gasteiger partial charge >= 0.3 is 5.97 Å². The van der Waals surface area contributed by atoms with Crippen molar-refractivity contribution in [2.24, 2.45) is 0 Å². The topological polar surface area (TPSA) is 29.5 Å². The van der Waals surface area contributed by atoms with E-state index in [0.717, 1.165) is 15.6 Å². The SMILES string of the molecule is CCOC(=O)CC(c1cc(Br)ccc1F)N(Cc1ccccc1)[C@H](C)c1ccccc1. The van der Waals surface area contributed by atoms with Gasteiger partial charge in [0.05, 0.1) is 13.0 Å². The fourth-order valence-electron chi connectivity index (χ4n) is 3.79. The smallest absolute Gasteiger partial charge is 0.307 e. The van der Waals surface area contributed by atoms with Gasteiger partial charge in [0.15, 0.2) is 0 Å². The van der Waals surface area contributed by atoms with Crippen LogP contribution in [0.4, 0.5) is 4.39 Å². The number of hydrogen-bond acceptors (Lipinski definition) is 3. The van der Waals surface area contributed by atoms with Gasteiger partial charge in [-0.3, -0.25) is 9.69 Å². The Morgan fingerprint density at radius 2 is 1.68 bits per heavy atom. The molecule has 3 rings (SSSR count). The molecular weight excluding hydrogens is 457 g/mol. The van der Waals surface area contributed by atoms with Crippen LogP contribution in [-0.2, 0) is 16.1 Å². The van der Waals surface area contributed by atoms with E-state index >= 15 is 4.39 Å². The number of carbonyl (C=O) groups excluding carboxylic acids is 1. The summed E-state index contributed by atoms with van der Waals surface area (Å²) in [6.45, 7) is 4.72. The molecule has 0 saturated carbocycles. The van der Waals surface area contributed by atoms with Gasteiger partial charge in [0.2, 0.25) is 0 Å². The van der Waals surface area contributed by atoms with Crippen LogP contribution in [0.3, 0.4) is 0 Å². The summed E-state index contributed by atoms with van der Waals surface area (Å²) in [5, 5.41) is 0. The number of nitrogens with zero attached hydrogens (tertiary/aromatic N) is 1. The molecule has 1 unspecified atom stereocenters. The van der Waals surface area contributed by atoms with Crippen molar-refractivity contribution in [1.29, 1.82) is 0 Å². The lowest BCUT2D eigenvalue weighted by molar-refractivity contribution is -0.145. The van der Waals surface area contributed by atoms with Crippen molar-refractivity contribution in [2.75, 3.05) is 6.61 Å². The molecule has 0 heterocycles. The molecule has 3 nitrogen and oxygen atoms in total. The minimum atomic E-state index is -0.494. The molecule has 0 radical (unpaired) electrons. The van der Waals surface area contributed by atoms with Gasteiger partial charge in [-0.15, -0.1) is 0 Å². The van der Waals surface area contributed by atoms with Gasteiger partial charge in [0.25, 0.3) is 0 Å². The first-order valence-electron chi connectivity index (χ1n) is 10.4. The van der Waals surface area contributed by atoms with Crippen LogP contribution in [0.15, 0.2) is 83.3 Å². The van der Waals surface area contributed by atoms with E-state index in [1.807, 2.05) is 48.5 Å². The molecule has 5 heteroatoms. The van der Waals surface area contributed by atoms with Gasteiger partial charge in [-0.1, -0.05) is 76.6 Å². The summed E-state index contributed by atoms with van der Waals surface area (Å²) in [5.41, 5.74) is 2.67. The quantitative estimate of drug-likeness (QED) is 0.311. The average molecular weight is 484 g/mol. The maximum atomic E-state index is 15.0. The summed E-state index contributed by atoms with van der Waals surface area (Å²) < 4.78 is 21.0. The normalized spacial score (nSPS) is 13.1. The van der Waals surface area contributed by atoms with E-state index in [1.165, 1.54) is 6.07 Å². The summed E-state index contributed by atoms with van der Waals surface area (Å²) in [7, 11) is 0. The maximum Gasteiger partial charge on any atom is 0.307 e. The number of hydrogen-bond donors (Lipinski definition) is 0. The zero-order chi connectivity index (χ0) is 22.2. The van der Waals surface area contributed by atoms with Gasteiger partial charge < -0.3 is 4.74 Å². The van der Waals surface area contributed by atoms with Gasteiger partial charge in [0.1, 0.15) is 5.82 Å². The maximum absolute atomic E-state index is 15.0. The van der Waals surface area contributed by atoms with Crippen LogP contribution in [0.2, 0.25) is 0 Å². The fraction of sp³-hybridized carbons (Fsp3) is 0.269. The van der Waals surface area contributed by atoms with Crippen molar-refractivity contribution in [2.45, 2.75) is 38.9 Å². The van der Waals surface area contributed by atoms with E-state index in [9.17, 15) is 4.79 Å². The molecule has 162 valence electrons. The van der Waals surface area contributed by atoms with Gasteiger partial charge in [-0.2, -0.15) is 0 Å². The molecule has 0 aromatic heterocycles. The predicted molar refractivity (Wildman–Crippen MR) is 125 cm³/mol. The lowest BCUT2D eigenvalue weighted by atomic mass is 9.96. The Bertz CT molecular complexity index is 981. The molecule has 3 aromatic carbocycles. The summed E-state index contributed by atoms with van der Waals surface area (Å²) in [6, 6.07) is 24.4. The van der Waals surface area contributed by atoms with E-state index in [4.69, 9.17) is 4.74 Å². The van der Waals surface area contributed by atoms with E-state index in [-0.39, 0.29) is 24.2 Å². The van der Waals surface area contributed by atoms with Gasteiger partial charge in [-0.05, 0) is 43.2 Å². The first kappa shape index (κ1) is 23.2. The summed E-state index contributed by atoms with van der Waals surface area (Å²) in [6.07, 6.45) is 0.0607. The Morgan fingerprint density at radius 3 is 2.32 bits per heavy atom. The lowest BCUT2D eigenvalue weighted by Gasteiger charge is -2.37. The molecule has 0 spiro atoms. The van der Waals surface area contributed by atoms with E-state index in [0.29, 0.717) is 18.7 Å². The first-order chi connectivity index (χ1) is 15.0. The summed E-state index contributed by atoms with van der Waals surface area (Å²) >= 11 is 3.46. The number of benzene rings is 3. The van der Waals surface area contributed by atoms with E-state index < -0.39 is 6.04 Å². The largest absolute Gasteiger partial charge is 0.466 e. The van der Waals surface area contributed by atoms with Gasteiger partial charge in [-0.25, -0.2) is 4.39 Å². The van der Waals surface area contributed by atoms with Crippen LogP contribution < -0.4 is 0 Å². The van der Waals surface area contributed by atoms with Crippen molar-refractivity contribution in [3.05, 3.63) is 106 Å². The number of ether oxygens (including phenoxy) is 1. The van der Waals surface area contributed by atoms with Crippen molar-refractivity contribution in [3.63, 3.8) is 0 Å². The summed E-state index contributed by atoms with van der Waals surface area (Å²) in [5.74, 6) is -0.680. The monoisotopic (exact) mass is 483 g/mol. The van der Waals surface area contributed by atoms with Gasteiger partial charge in [0, 0.05) is 28.7 Å². The van der Waals surface area contributed by atoms with Crippen molar-refractivity contribution >= 4 is 21.9 Å². The second kappa shape index (κ2) is 11.2. The second-order valence-electron chi connectivity index (χ2n) is 7.44. The van der Waals surface area contributed by atoms with Crippen LogP contribution >= 0.6 is 15.9 Å². The van der Waals surface area contributed by atoms with Crippen LogP contribution in [0.25, 0.3) is 0 Å². The van der Waals surface area contributed by atoms with Crippen molar-refractivity contribution in [1.82, 2.24) is 4.90 Å². The lowest BCUT2D eigenvalue weighted by Crippen LogP contribution is -2.33. The molecule has 0 saturated heterocycles. The zero-order valence-corrected chi connectivity index (χ0v) is 19.4. The zero-order valence-electron chi connectivity index (χ0n) is 17.8. The third-order valence-corrected chi connectivity index (χ3v) is 5.86. The Morgan fingerprint density at radius 1 is 1.03 bits per heavy atom. The number of rotatable bonds is 9. The van der Waals surface area contributed by atoms with Crippen LogP contribution in [0.1, 0.15) is 49.0 Å². The minimum Gasteiger partial charge on any atom is -0.466 e. The number of esters is 1.